The molecule has 2 N–H and O–H groups in total. The lowest BCUT2D eigenvalue weighted by Crippen LogP contribution is -2.41. The van der Waals surface area contributed by atoms with Crippen LogP contribution in [0.2, 0.25) is 5.02 Å². The van der Waals surface area contributed by atoms with Crippen LogP contribution in [0.4, 0.5) is 4.79 Å². The number of aromatic nitrogens is 1. The molecule has 0 radical (unpaired) electrons. The Bertz CT molecular complexity index is 1030. The fourth-order valence-corrected chi connectivity index (χ4v) is 4.11. The fraction of sp³-hybridized carbons (Fsp3) is 0.158. The molecule has 29 heavy (non-hydrogen) atoms. The Kier molecular flexibility index (Phi) is 6.97. The van der Waals surface area contributed by atoms with E-state index in [9.17, 15) is 14.4 Å². The zero-order valence-electron chi connectivity index (χ0n) is 15.2. The maximum absolute atomic E-state index is 12.3. The van der Waals surface area contributed by atoms with Gasteiger partial charge in [-0.3, -0.25) is 10.1 Å². The molecule has 0 spiro atoms. The molecule has 0 unspecified atom stereocenters. The van der Waals surface area contributed by atoms with Gasteiger partial charge in [-0.15, -0.1) is 22.7 Å². The van der Waals surface area contributed by atoms with Gasteiger partial charge in [-0.05, 0) is 30.5 Å². The maximum Gasteiger partial charge on any atom is 0.350 e. The van der Waals surface area contributed by atoms with Crippen molar-refractivity contribution in [2.75, 3.05) is 6.61 Å². The van der Waals surface area contributed by atoms with Gasteiger partial charge in [0.25, 0.3) is 5.91 Å². The molecule has 0 atom stereocenters. The normalized spacial score (nSPS) is 10.4. The summed E-state index contributed by atoms with van der Waals surface area (Å²) in [5, 5.41) is 7.73. The highest BCUT2D eigenvalue weighted by Gasteiger charge is 2.19. The first-order valence-electron chi connectivity index (χ1n) is 8.43. The second-order valence-corrected chi connectivity index (χ2v) is 8.30. The Labute approximate surface area is 179 Å². The molecule has 0 saturated carbocycles. The molecule has 0 bridgehead atoms. The zero-order chi connectivity index (χ0) is 20.8. The highest BCUT2D eigenvalue weighted by molar-refractivity contribution is 7.17. The largest absolute Gasteiger partial charge is 0.451 e. The Morgan fingerprint density at radius 1 is 1.21 bits per heavy atom. The molecular weight excluding hydrogens is 434 g/mol. The van der Waals surface area contributed by atoms with Gasteiger partial charge in [0.05, 0.1) is 12.2 Å². The molecule has 1 aromatic carbocycles. The molecule has 2 aromatic heterocycles. The number of nitrogens with one attached hydrogen (secondary N) is 2. The summed E-state index contributed by atoms with van der Waals surface area (Å²) in [5.41, 5.74) is 1.27. The zero-order valence-corrected chi connectivity index (χ0v) is 17.6. The van der Waals surface area contributed by atoms with Gasteiger partial charge in [0.15, 0.2) is 6.61 Å². The van der Waals surface area contributed by atoms with E-state index in [1.54, 1.807) is 25.1 Å². The van der Waals surface area contributed by atoms with E-state index in [2.05, 4.69) is 15.6 Å². The van der Waals surface area contributed by atoms with E-state index >= 15 is 0 Å². The Balaban J connectivity index is 1.51. The number of hydrogen-bond donors (Lipinski definition) is 2. The number of aryl methyl sites for hydroxylation is 1. The van der Waals surface area contributed by atoms with Crippen LogP contribution < -0.4 is 10.6 Å². The summed E-state index contributed by atoms with van der Waals surface area (Å²) in [5.74, 6) is -1.40. The van der Waals surface area contributed by atoms with E-state index in [1.807, 2.05) is 23.6 Å². The number of esters is 1. The average Bonchev–Trinajstić information content (AvgIpc) is 3.34. The lowest BCUT2D eigenvalue weighted by atomic mass is 10.2. The van der Waals surface area contributed by atoms with Gasteiger partial charge in [-0.25, -0.2) is 14.6 Å². The molecule has 0 aliphatic carbocycles. The van der Waals surface area contributed by atoms with E-state index in [1.165, 1.54) is 11.3 Å². The van der Waals surface area contributed by atoms with Crippen molar-refractivity contribution >= 4 is 52.2 Å². The first-order chi connectivity index (χ1) is 13.9. The lowest BCUT2D eigenvalue weighted by Gasteiger charge is -2.06. The summed E-state index contributed by atoms with van der Waals surface area (Å²) in [4.78, 5) is 41.4. The van der Waals surface area contributed by atoms with E-state index in [0.29, 0.717) is 22.3 Å². The minimum atomic E-state index is -0.723. The number of hydrogen-bond acceptors (Lipinski definition) is 7. The molecule has 10 heteroatoms. The number of thiophene rings is 1. The average molecular weight is 450 g/mol. The van der Waals surface area contributed by atoms with Crippen LogP contribution in [-0.4, -0.2) is 29.5 Å². The van der Waals surface area contributed by atoms with Crippen molar-refractivity contribution < 1.29 is 19.1 Å². The molecule has 0 saturated heterocycles. The smallest absolute Gasteiger partial charge is 0.350 e. The fourth-order valence-electron chi connectivity index (χ4n) is 2.31. The van der Waals surface area contributed by atoms with Gasteiger partial charge in [0, 0.05) is 15.5 Å². The summed E-state index contributed by atoms with van der Waals surface area (Å²) in [6, 6.07) is 10.2. The highest BCUT2D eigenvalue weighted by Crippen LogP contribution is 2.29. The number of amides is 3. The van der Waals surface area contributed by atoms with Crippen molar-refractivity contribution in [2.45, 2.75) is 13.5 Å². The number of nitrogens with zero attached hydrogens (tertiary/aromatic N) is 1. The van der Waals surface area contributed by atoms with Gasteiger partial charge < -0.3 is 10.1 Å². The molecule has 0 fully saturated rings. The number of rotatable bonds is 6. The van der Waals surface area contributed by atoms with Crippen LogP contribution in [0.5, 0.6) is 0 Å². The molecule has 2 heterocycles. The third kappa shape index (κ3) is 5.86. The number of urea groups is 1. The monoisotopic (exact) mass is 449 g/mol. The Morgan fingerprint density at radius 2 is 2.03 bits per heavy atom. The summed E-state index contributed by atoms with van der Waals surface area (Å²) in [6.07, 6.45) is 0. The van der Waals surface area contributed by atoms with Gasteiger partial charge in [-0.2, -0.15) is 0 Å². The van der Waals surface area contributed by atoms with Crippen LogP contribution in [0.15, 0.2) is 41.8 Å². The molecule has 150 valence electrons. The second kappa shape index (κ2) is 9.64. The Hall–Kier alpha value is -2.75. The first kappa shape index (κ1) is 21.0. The van der Waals surface area contributed by atoms with Crippen molar-refractivity contribution in [1.82, 2.24) is 15.6 Å². The maximum atomic E-state index is 12.3. The molecule has 0 aliphatic rings. The third-order valence-electron chi connectivity index (χ3n) is 3.64. The summed E-state index contributed by atoms with van der Waals surface area (Å²) in [7, 11) is 0. The molecule has 3 amide bonds. The van der Waals surface area contributed by atoms with E-state index in [0.717, 1.165) is 21.8 Å². The molecule has 0 aliphatic heterocycles. The van der Waals surface area contributed by atoms with Gasteiger partial charge in [0.1, 0.15) is 9.88 Å². The van der Waals surface area contributed by atoms with Crippen molar-refractivity contribution in [3.8, 4) is 10.6 Å². The summed E-state index contributed by atoms with van der Waals surface area (Å²) < 4.78 is 5.01. The van der Waals surface area contributed by atoms with E-state index < -0.39 is 24.5 Å². The summed E-state index contributed by atoms with van der Waals surface area (Å²) in [6.45, 7) is 1.41. The standard InChI is InChI=1S/C19H16ClN3O4S2/c1-11-16(29-17(22-11)12-4-2-5-13(20)8-12)18(25)27-10-15(24)23-19(26)21-9-14-6-3-7-28-14/h2-8H,9-10H2,1H3,(H2,21,23,24,26). The van der Waals surface area contributed by atoms with E-state index in [-0.39, 0.29) is 4.88 Å². The number of halogens is 1. The number of benzene rings is 1. The molecule has 3 aromatic rings. The quantitative estimate of drug-likeness (QED) is 0.554. The first-order valence-corrected chi connectivity index (χ1v) is 10.5. The minimum Gasteiger partial charge on any atom is -0.451 e. The minimum absolute atomic E-state index is 0.287. The third-order valence-corrected chi connectivity index (χ3v) is 5.94. The lowest BCUT2D eigenvalue weighted by molar-refractivity contribution is -0.123. The van der Waals surface area contributed by atoms with Crippen LogP contribution >= 0.6 is 34.3 Å². The topological polar surface area (TPSA) is 97.4 Å². The van der Waals surface area contributed by atoms with Crippen LogP contribution in [-0.2, 0) is 16.1 Å². The van der Waals surface area contributed by atoms with E-state index in [4.69, 9.17) is 16.3 Å². The predicted molar refractivity (Wildman–Crippen MR) is 112 cm³/mol. The van der Waals surface area contributed by atoms with Crippen LogP contribution in [0.25, 0.3) is 10.6 Å². The number of carbonyl (C=O) groups is 3. The van der Waals surface area contributed by atoms with Crippen LogP contribution in [0.3, 0.4) is 0 Å². The Morgan fingerprint density at radius 3 is 2.76 bits per heavy atom. The van der Waals surface area contributed by atoms with Gasteiger partial charge in [0.2, 0.25) is 0 Å². The van der Waals surface area contributed by atoms with Gasteiger partial charge >= 0.3 is 12.0 Å². The number of imide groups is 1. The summed E-state index contributed by atoms with van der Waals surface area (Å²) >= 11 is 8.63. The van der Waals surface area contributed by atoms with Crippen molar-refractivity contribution in [3.63, 3.8) is 0 Å². The number of carbonyl (C=O) groups excluding carboxylic acids is 3. The van der Waals surface area contributed by atoms with Crippen molar-refractivity contribution in [3.05, 3.63) is 62.2 Å². The molecule has 7 nitrogen and oxygen atoms in total. The van der Waals surface area contributed by atoms with Crippen molar-refractivity contribution in [2.24, 2.45) is 0 Å². The van der Waals surface area contributed by atoms with Crippen LogP contribution in [0.1, 0.15) is 20.2 Å². The van der Waals surface area contributed by atoms with Crippen LogP contribution in [0, 0.1) is 6.92 Å². The number of ether oxygens (including phenoxy) is 1. The molecule has 3 rings (SSSR count). The highest BCUT2D eigenvalue weighted by atomic mass is 35.5. The van der Waals surface area contributed by atoms with Gasteiger partial charge in [-0.1, -0.05) is 29.8 Å². The predicted octanol–water partition coefficient (Wildman–Crippen LogP) is 4.02. The molecular formula is C19H16ClN3O4S2. The SMILES string of the molecule is Cc1nc(-c2cccc(Cl)c2)sc1C(=O)OCC(=O)NC(=O)NCc1cccs1. The second-order valence-electron chi connectivity index (χ2n) is 5.83. The number of thiazole rings is 1. The van der Waals surface area contributed by atoms with Crippen molar-refractivity contribution in [1.29, 1.82) is 0 Å².